The third kappa shape index (κ3) is 6.06. The SMILES string of the molecule is COC(c1ccccc1)(c1ccccc1)[C@@H](O)C(=O)[O-].[NH3+]C[C@@H](Cl)c1ccc(Cl)cc1. The first-order valence-electron chi connectivity index (χ1n) is 9.60. The molecule has 0 aliphatic heterocycles. The predicted molar refractivity (Wildman–Crippen MR) is 119 cm³/mol. The van der Waals surface area contributed by atoms with Gasteiger partial charge in [0.1, 0.15) is 17.1 Å². The molecule has 2 atom stereocenters. The number of carbonyl (C=O) groups excluding carboxylic acids is 1. The summed E-state index contributed by atoms with van der Waals surface area (Å²) in [5, 5.41) is 22.1. The van der Waals surface area contributed by atoms with E-state index in [1.165, 1.54) is 7.11 Å². The number of carboxylic acids is 1. The van der Waals surface area contributed by atoms with E-state index in [1.807, 2.05) is 24.3 Å². The van der Waals surface area contributed by atoms with Crippen molar-refractivity contribution in [3.8, 4) is 0 Å². The van der Waals surface area contributed by atoms with Crippen molar-refractivity contribution < 1.29 is 25.5 Å². The normalized spacial score (nSPS) is 12.9. The Morgan fingerprint density at radius 2 is 1.45 bits per heavy atom. The number of alkyl halides is 1. The van der Waals surface area contributed by atoms with E-state index in [9.17, 15) is 15.0 Å². The van der Waals surface area contributed by atoms with Crippen molar-refractivity contribution in [2.45, 2.75) is 17.1 Å². The van der Waals surface area contributed by atoms with E-state index in [4.69, 9.17) is 27.9 Å². The Hall–Kier alpha value is -2.41. The van der Waals surface area contributed by atoms with Gasteiger partial charge in [0.05, 0.1) is 12.5 Å². The van der Waals surface area contributed by atoms with Crippen LogP contribution in [0.3, 0.4) is 0 Å². The van der Waals surface area contributed by atoms with Crippen LogP contribution in [0.25, 0.3) is 0 Å². The zero-order valence-electron chi connectivity index (χ0n) is 17.1. The van der Waals surface area contributed by atoms with Crippen LogP contribution in [0.5, 0.6) is 0 Å². The van der Waals surface area contributed by atoms with Crippen molar-refractivity contribution in [3.63, 3.8) is 0 Å². The Balaban J connectivity index is 0.000000262. The first kappa shape index (κ1) is 24.9. The van der Waals surface area contributed by atoms with Gasteiger partial charge in [0.2, 0.25) is 0 Å². The molecule has 0 spiro atoms. The van der Waals surface area contributed by atoms with Crippen molar-refractivity contribution in [1.29, 1.82) is 0 Å². The lowest BCUT2D eigenvalue weighted by molar-refractivity contribution is -0.367. The first-order chi connectivity index (χ1) is 14.9. The minimum Gasteiger partial charge on any atom is -0.547 e. The van der Waals surface area contributed by atoms with Gasteiger partial charge in [-0.05, 0) is 28.8 Å². The lowest BCUT2D eigenvalue weighted by Crippen LogP contribution is -2.52. The molecular formula is C24H25Cl2NO4. The summed E-state index contributed by atoms with van der Waals surface area (Å²) in [6, 6.07) is 25.0. The number of methoxy groups -OCH3 is 1. The van der Waals surface area contributed by atoms with Crippen molar-refractivity contribution in [1.82, 2.24) is 0 Å². The Morgan fingerprint density at radius 1 is 1.00 bits per heavy atom. The highest BCUT2D eigenvalue weighted by atomic mass is 35.5. The molecular weight excluding hydrogens is 437 g/mol. The summed E-state index contributed by atoms with van der Waals surface area (Å²) in [7, 11) is 1.37. The number of carboxylic acid groups (broad SMARTS) is 1. The van der Waals surface area contributed by atoms with Crippen LogP contribution in [0.2, 0.25) is 5.02 Å². The molecule has 5 nitrogen and oxygen atoms in total. The van der Waals surface area contributed by atoms with Crippen LogP contribution in [0.15, 0.2) is 84.9 Å². The number of quaternary nitrogens is 1. The Bertz CT molecular complexity index is 897. The summed E-state index contributed by atoms with van der Waals surface area (Å²) in [5.41, 5.74) is 4.39. The van der Waals surface area contributed by atoms with E-state index < -0.39 is 17.7 Å². The molecule has 0 radical (unpaired) electrons. The molecule has 0 amide bonds. The second-order valence-corrected chi connectivity index (χ2v) is 7.66. The third-order valence-corrected chi connectivity index (χ3v) is 5.54. The second-order valence-electron chi connectivity index (χ2n) is 6.70. The van der Waals surface area contributed by atoms with Gasteiger partial charge in [-0.1, -0.05) is 84.4 Å². The van der Waals surface area contributed by atoms with E-state index in [1.54, 1.807) is 60.7 Å². The van der Waals surface area contributed by atoms with Crippen molar-refractivity contribution in [2.24, 2.45) is 0 Å². The standard InChI is InChI=1S/C16H16O4.C8H9Cl2N/c1-20-16(14(17)15(18)19,12-8-4-2-5-9-12)13-10-6-3-7-11-13;9-7-3-1-6(2-4-7)8(10)5-11/h2-11,14,17H,1H3,(H,18,19);1-4,8H,5,11H2/t14-;8-/m01/s1. The highest BCUT2D eigenvalue weighted by Crippen LogP contribution is 2.36. The van der Waals surface area contributed by atoms with Gasteiger partial charge in [0.15, 0.2) is 0 Å². The predicted octanol–water partition coefficient (Wildman–Crippen LogP) is 2.55. The van der Waals surface area contributed by atoms with Crippen LogP contribution in [0, 0.1) is 0 Å². The number of benzene rings is 3. The highest BCUT2D eigenvalue weighted by Gasteiger charge is 2.42. The average molecular weight is 462 g/mol. The zero-order chi connectivity index (χ0) is 22.9. The molecule has 3 rings (SSSR count). The van der Waals surface area contributed by atoms with E-state index in [0.717, 1.165) is 10.6 Å². The lowest BCUT2D eigenvalue weighted by atomic mass is 9.81. The fraction of sp³-hybridized carbons (Fsp3) is 0.208. The molecule has 4 N–H and O–H groups in total. The number of ether oxygens (including phenoxy) is 1. The topological polar surface area (TPSA) is 97.2 Å². The van der Waals surface area contributed by atoms with Gasteiger partial charge in [0, 0.05) is 12.1 Å². The van der Waals surface area contributed by atoms with Crippen LogP contribution in [0.4, 0.5) is 0 Å². The van der Waals surface area contributed by atoms with Gasteiger partial charge in [0.25, 0.3) is 0 Å². The number of halogens is 2. The minimum atomic E-state index is -1.82. The maximum absolute atomic E-state index is 11.2. The van der Waals surface area contributed by atoms with Gasteiger partial charge in [-0.2, -0.15) is 0 Å². The number of carbonyl (C=O) groups is 1. The van der Waals surface area contributed by atoms with Crippen molar-refractivity contribution in [3.05, 3.63) is 107 Å². The molecule has 7 heteroatoms. The molecule has 0 fully saturated rings. The molecule has 31 heavy (non-hydrogen) atoms. The number of rotatable bonds is 7. The second kappa shape index (κ2) is 11.8. The maximum Gasteiger partial charge on any atom is 0.149 e. The van der Waals surface area contributed by atoms with Gasteiger partial charge >= 0.3 is 0 Å². The lowest BCUT2D eigenvalue weighted by Gasteiger charge is -2.38. The van der Waals surface area contributed by atoms with E-state index in [0.29, 0.717) is 17.7 Å². The fourth-order valence-electron chi connectivity index (χ4n) is 3.21. The molecule has 0 unspecified atom stereocenters. The number of hydrogen-bond acceptors (Lipinski definition) is 4. The highest BCUT2D eigenvalue weighted by molar-refractivity contribution is 6.30. The Labute approximate surface area is 192 Å². The van der Waals surface area contributed by atoms with E-state index >= 15 is 0 Å². The summed E-state index contributed by atoms with van der Waals surface area (Å²) in [5.74, 6) is -1.58. The van der Waals surface area contributed by atoms with E-state index in [-0.39, 0.29) is 5.38 Å². The summed E-state index contributed by atoms with van der Waals surface area (Å²) >= 11 is 11.6. The molecule has 0 aliphatic carbocycles. The molecule has 0 heterocycles. The molecule has 0 aromatic heterocycles. The molecule has 3 aromatic carbocycles. The smallest absolute Gasteiger partial charge is 0.149 e. The summed E-state index contributed by atoms with van der Waals surface area (Å²) in [4.78, 5) is 11.2. The van der Waals surface area contributed by atoms with Gasteiger partial charge in [-0.15, -0.1) is 11.6 Å². The van der Waals surface area contributed by atoms with Gasteiger partial charge < -0.3 is 25.5 Å². The largest absolute Gasteiger partial charge is 0.547 e. The van der Waals surface area contributed by atoms with E-state index in [2.05, 4.69) is 5.73 Å². The molecule has 0 bridgehead atoms. The van der Waals surface area contributed by atoms with Crippen LogP contribution in [-0.4, -0.2) is 30.8 Å². The summed E-state index contributed by atoms with van der Waals surface area (Å²) in [6.45, 7) is 0.698. The molecule has 0 saturated heterocycles. The Kier molecular flexibility index (Phi) is 9.49. The minimum absolute atomic E-state index is 0.00673. The quantitative estimate of drug-likeness (QED) is 0.528. The third-order valence-electron chi connectivity index (χ3n) is 4.82. The molecule has 3 aromatic rings. The number of aliphatic carboxylic acids is 1. The van der Waals surface area contributed by atoms with Crippen LogP contribution < -0.4 is 10.8 Å². The van der Waals surface area contributed by atoms with Gasteiger partial charge in [-0.3, -0.25) is 0 Å². The number of aliphatic hydroxyl groups is 1. The molecule has 164 valence electrons. The number of hydrogen-bond donors (Lipinski definition) is 2. The summed E-state index contributed by atoms with van der Waals surface area (Å²) < 4.78 is 5.46. The zero-order valence-corrected chi connectivity index (χ0v) is 18.6. The molecule has 0 aliphatic rings. The van der Waals surface area contributed by atoms with Crippen molar-refractivity contribution >= 4 is 29.2 Å². The molecule has 0 saturated carbocycles. The number of aliphatic hydroxyl groups excluding tert-OH is 1. The average Bonchev–Trinajstić information content (AvgIpc) is 2.81. The van der Waals surface area contributed by atoms with Crippen LogP contribution in [0.1, 0.15) is 22.1 Å². The maximum atomic E-state index is 11.2. The Morgan fingerprint density at radius 3 is 1.81 bits per heavy atom. The van der Waals surface area contributed by atoms with Gasteiger partial charge in [-0.25, -0.2) is 0 Å². The fourth-order valence-corrected chi connectivity index (χ4v) is 3.48. The van der Waals surface area contributed by atoms with Crippen LogP contribution >= 0.6 is 23.2 Å². The van der Waals surface area contributed by atoms with Crippen LogP contribution in [-0.2, 0) is 15.1 Å². The first-order valence-corrected chi connectivity index (χ1v) is 10.4. The monoisotopic (exact) mass is 461 g/mol. The van der Waals surface area contributed by atoms with Crippen molar-refractivity contribution in [2.75, 3.05) is 13.7 Å². The summed E-state index contributed by atoms with van der Waals surface area (Å²) in [6.07, 6.45) is -1.82.